The molecule has 1 N–H and O–H groups in total. The second-order valence-electron chi connectivity index (χ2n) is 5.09. The molecule has 4 nitrogen and oxygen atoms in total. The Morgan fingerprint density at radius 3 is 2.36 bits per heavy atom. The molecular formula is C18H18N2O2. The summed E-state index contributed by atoms with van der Waals surface area (Å²) < 4.78 is 5.46. The van der Waals surface area contributed by atoms with Crippen LogP contribution in [0.25, 0.3) is 0 Å². The SMILES string of the molecule is CO[C@](C)(C(=O)NCc1ccc(C#N)cc1)c1ccccc1. The zero-order valence-electron chi connectivity index (χ0n) is 12.7. The summed E-state index contributed by atoms with van der Waals surface area (Å²) in [7, 11) is 1.52. The summed E-state index contributed by atoms with van der Waals surface area (Å²) in [5.74, 6) is -0.203. The highest BCUT2D eigenvalue weighted by atomic mass is 16.5. The van der Waals surface area contributed by atoms with Crippen molar-refractivity contribution >= 4 is 5.91 Å². The summed E-state index contributed by atoms with van der Waals surface area (Å²) in [4.78, 5) is 12.5. The van der Waals surface area contributed by atoms with Crippen molar-refractivity contribution in [3.63, 3.8) is 0 Å². The molecule has 0 aliphatic heterocycles. The molecule has 0 heterocycles. The maximum atomic E-state index is 12.5. The number of methoxy groups -OCH3 is 1. The molecule has 22 heavy (non-hydrogen) atoms. The molecule has 0 saturated carbocycles. The number of nitriles is 1. The van der Waals surface area contributed by atoms with E-state index in [-0.39, 0.29) is 5.91 Å². The van der Waals surface area contributed by atoms with E-state index in [0.717, 1.165) is 11.1 Å². The lowest BCUT2D eigenvalue weighted by Gasteiger charge is -2.27. The van der Waals surface area contributed by atoms with Gasteiger partial charge in [-0.25, -0.2) is 0 Å². The van der Waals surface area contributed by atoms with Crippen LogP contribution < -0.4 is 5.32 Å². The van der Waals surface area contributed by atoms with Crippen LogP contribution in [-0.4, -0.2) is 13.0 Å². The minimum atomic E-state index is -1.03. The lowest BCUT2D eigenvalue weighted by Crippen LogP contribution is -2.43. The Hall–Kier alpha value is -2.64. The lowest BCUT2D eigenvalue weighted by molar-refractivity contribution is -0.142. The molecule has 0 radical (unpaired) electrons. The average Bonchev–Trinajstić information content (AvgIpc) is 2.60. The van der Waals surface area contributed by atoms with Crippen LogP contribution in [0.15, 0.2) is 54.6 Å². The highest BCUT2D eigenvalue weighted by Gasteiger charge is 2.34. The molecule has 0 fully saturated rings. The largest absolute Gasteiger partial charge is 0.364 e. The Bertz CT molecular complexity index is 674. The predicted molar refractivity (Wildman–Crippen MR) is 83.8 cm³/mol. The Balaban J connectivity index is 2.08. The summed E-state index contributed by atoms with van der Waals surface area (Å²) in [5.41, 5.74) is 1.29. The summed E-state index contributed by atoms with van der Waals surface area (Å²) in [6.07, 6.45) is 0. The van der Waals surface area contributed by atoms with Gasteiger partial charge in [-0.15, -0.1) is 0 Å². The van der Waals surface area contributed by atoms with E-state index >= 15 is 0 Å². The van der Waals surface area contributed by atoms with Crippen molar-refractivity contribution in [2.45, 2.75) is 19.1 Å². The standard InChI is InChI=1S/C18H18N2O2/c1-18(22-2,16-6-4-3-5-7-16)17(21)20-13-15-10-8-14(12-19)9-11-15/h3-11H,13H2,1-2H3,(H,20,21)/t18-/m0/s1. The molecule has 2 aromatic carbocycles. The minimum absolute atomic E-state index is 0.203. The third-order valence-electron chi connectivity index (χ3n) is 3.70. The van der Waals surface area contributed by atoms with Gasteiger partial charge < -0.3 is 10.1 Å². The average molecular weight is 294 g/mol. The fourth-order valence-corrected chi connectivity index (χ4v) is 2.15. The first-order chi connectivity index (χ1) is 10.6. The van der Waals surface area contributed by atoms with E-state index in [1.165, 1.54) is 7.11 Å². The quantitative estimate of drug-likeness (QED) is 0.922. The van der Waals surface area contributed by atoms with Crippen LogP contribution >= 0.6 is 0 Å². The first-order valence-corrected chi connectivity index (χ1v) is 6.98. The van der Waals surface area contributed by atoms with Crippen LogP contribution in [0.4, 0.5) is 0 Å². The number of amides is 1. The van der Waals surface area contributed by atoms with Gasteiger partial charge in [0.25, 0.3) is 5.91 Å². The van der Waals surface area contributed by atoms with E-state index in [9.17, 15) is 4.79 Å². The Kier molecular flexibility index (Phi) is 4.92. The van der Waals surface area contributed by atoms with Gasteiger partial charge in [0.05, 0.1) is 11.6 Å². The van der Waals surface area contributed by atoms with E-state index in [2.05, 4.69) is 11.4 Å². The molecule has 2 rings (SSSR count). The fourth-order valence-electron chi connectivity index (χ4n) is 2.15. The van der Waals surface area contributed by atoms with E-state index in [1.807, 2.05) is 42.5 Å². The van der Waals surface area contributed by atoms with Crippen LogP contribution in [0.3, 0.4) is 0 Å². The van der Waals surface area contributed by atoms with Gasteiger partial charge in [0.1, 0.15) is 0 Å². The monoisotopic (exact) mass is 294 g/mol. The summed E-state index contributed by atoms with van der Waals surface area (Å²) >= 11 is 0. The van der Waals surface area contributed by atoms with Crippen molar-refractivity contribution in [3.05, 3.63) is 71.3 Å². The number of benzene rings is 2. The van der Waals surface area contributed by atoms with Gasteiger partial charge in [0, 0.05) is 13.7 Å². The zero-order chi connectivity index (χ0) is 16.0. The Labute approximate surface area is 130 Å². The molecule has 2 aromatic rings. The van der Waals surface area contributed by atoms with Gasteiger partial charge in [-0.1, -0.05) is 42.5 Å². The number of nitrogens with one attached hydrogen (secondary N) is 1. The maximum Gasteiger partial charge on any atom is 0.256 e. The number of hydrogen-bond donors (Lipinski definition) is 1. The third kappa shape index (κ3) is 3.33. The molecule has 4 heteroatoms. The molecule has 0 unspecified atom stereocenters. The smallest absolute Gasteiger partial charge is 0.256 e. The fraction of sp³-hybridized carbons (Fsp3) is 0.222. The molecule has 1 amide bonds. The number of rotatable bonds is 5. The predicted octanol–water partition coefficient (Wildman–Crippen LogP) is 2.74. The van der Waals surface area contributed by atoms with Gasteiger partial charge in [0.2, 0.25) is 0 Å². The highest BCUT2D eigenvalue weighted by molar-refractivity contribution is 5.86. The van der Waals surface area contributed by atoms with Crippen LogP contribution in [0.2, 0.25) is 0 Å². The molecule has 0 aromatic heterocycles. The highest BCUT2D eigenvalue weighted by Crippen LogP contribution is 2.24. The number of nitrogens with zero attached hydrogens (tertiary/aromatic N) is 1. The van der Waals surface area contributed by atoms with Crippen molar-refractivity contribution in [1.82, 2.24) is 5.32 Å². The second-order valence-corrected chi connectivity index (χ2v) is 5.09. The minimum Gasteiger partial charge on any atom is -0.364 e. The first-order valence-electron chi connectivity index (χ1n) is 6.98. The van der Waals surface area contributed by atoms with Gasteiger partial charge in [-0.2, -0.15) is 5.26 Å². The summed E-state index contributed by atoms with van der Waals surface area (Å²) in [6.45, 7) is 2.13. The Morgan fingerprint density at radius 2 is 1.82 bits per heavy atom. The lowest BCUT2D eigenvalue weighted by atomic mass is 9.94. The van der Waals surface area contributed by atoms with E-state index in [4.69, 9.17) is 10.00 Å². The van der Waals surface area contributed by atoms with Gasteiger partial charge in [-0.05, 0) is 30.2 Å². The summed E-state index contributed by atoms with van der Waals surface area (Å²) in [6, 6.07) is 18.6. The van der Waals surface area contributed by atoms with Crippen molar-refractivity contribution in [2.24, 2.45) is 0 Å². The van der Waals surface area contributed by atoms with Crippen LogP contribution in [-0.2, 0) is 21.7 Å². The Morgan fingerprint density at radius 1 is 1.18 bits per heavy atom. The van der Waals surface area contributed by atoms with Crippen molar-refractivity contribution < 1.29 is 9.53 Å². The molecule has 0 aliphatic carbocycles. The van der Waals surface area contributed by atoms with Crippen LogP contribution in [0.1, 0.15) is 23.6 Å². The van der Waals surface area contributed by atoms with E-state index in [0.29, 0.717) is 12.1 Å². The van der Waals surface area contributed by atoms with E-state index < -0.39 is 5.60 Å². The van der Waals surface area contributed by atoms with Gasteiger partial charge in [0.15, 0.2) is 5.60 Å². The maximum absolute atomic E-state index is 12.5. The van der Waals surface area contributed by atoms with Gasteiger partial charge in [-0.3, -0.25) is 4.79 Å². The number of hydrogen-bond acceptors (Lipinski definition) is 3. The summed E-state index contributed by atoms with van der Waals surface area (Å²) in [5, 5.41) is 11.7. The molecule has 0 spiro atoms. The van der Waals surface area contributed by atoms with Crippen molar-refractivity contribution in [2.75, 3.05) is 7.11 Å². The number of ether oxygens (including phenoxy) is 1. The van der Waals surface area contributed by atoms with Gasteiger partial charge >= 0.3 is 0 Å². The topological polar surface area (TPSA) is 62.1 Å². The van der Waals surface area contributed by atoms with Crippen molar-refractivity contribution in [3.8, 4) is 6.07 Å². The molecular weight excluding hydrogens is 276 g/mol. The van der Waals surface area contributed by atoms with Crippen LogP contribution in [0, 0.1) is 11.3 Å². The third-order valence-corrected chi connectivity index (χ3v) is 3.70. The van der Waals surface area contributed by atoms with Crippen LogP contribution in [0.5, 0.6) is 0 Å². The molecule has 0 bridgehead atoms. The molecule has 0 saturated heterocycles. The normalized spacial score (nSPS) is 13.0. The molecule has 1 atom stereocenters. The number of carbonyl (C=O) groups excluding carboxylic acids is 1. The zero-order valence-corrected chi connectivity index (χ0v) is 12.7. The molecule has 112 valence electrons. The first kappa shape index (κ1) is 15.7. The second kappa shape index (κ2) is 6.88. The van der Waals surface area contributed by atoms with Crippen molar-refractivity contribution in [1.29, 1.82) is 5.26 Å². The number of carbonyl (C=O) groups is 1. The molecule has 0 aliphatic rings. The van der Waals surface area contributed by atoms with E-state index in [1.54, 1.807) is 19.1 Å².